The lowest BCUT2D eigenvalue weighted by Gasteiger charge is -2.12. The Kier molecular flexibility index (Phi) is 5.17. The number of rotatable bonds is 5. The van der Waals surface area contributed by atoms with E-state index in [1.165, 1.54) is 12.1 Å². The summed E-state index contributed by atoms with van der Waals surface area (Å²) in [5.41, 5.74) is 2.85. The van der Waals surface area contributed by atoms with Gasteiger partial charge in [0.15, 0.2) is 0 Å². The smallest absolute Gasteiger partial charge is 0.145 e. The Hall–Kier alpha value is -1.63. The fraction of sp³-hybridized carbons (Fsp3) is 0.231. The molecule has 0 aliphatic rings. The minimum absolute atomic E-state index is 0.165. The molecule has 0 fully saturated rings. The Morgan fingerprint density at radius 2 is 1.76 bits per heavy atom. The number of aryl methyl sites for hydroxylation is 1. The number of halogens is 3. The summed E-state index contributed by atoms with van der Waals surface area (Å²) < 4.78 is 13.2. The number of hydrazine groups is 1. The van der Waals surface area contributed by atoms with Crippen molar-refractivity contribution in [2.24, 2.45) is 5.84 Å². The number of benzene rings is 1. The molecule has 21 heavy (non-hydrogen) atoms. The van der Waals surface area contributed by atoms with Crippen molar-refractivity contribution in [2.45, 2.75) is 19.8 Å². The summed E-state index contributed by atoms with van der Waals surface area (Å²) in [6.07, 6.45) is 1.60. The average molecular weight is 330 g/mol. The summed E-state index contributed by atoms with van der Waals surface area (Å²) in [5, 5.41) is 3.29. The minimum Gasteiger partial charge on any atom is -0.338 e. The second-order valence-corrected chi connectivity index (χ2v) is 5.13. The van der Waals surface area contributed by atoms with Gasteiger partial charge in [-0.05, 0) is 18.6 Å². The molecule has 1 aromatic carbocycles. The van der Waals surface area contributed by atoms with Crippen LogP contribution in [0.1, 0.15) is 19.2 Å². The van der Waals surface area contributed by atoms with E-state index in [1.54, 1.807) is 6.07 Å². The van der Waals surface area contributed by atoms with Crippen LogP contribution in [0.25, 0.3) is 0 Å². The highest BCUT2D eigenvalue weighted by molar-refractivity contribution is 6.39. The summed E-state index contributed by atoms with van der Waals surface area (Å²) >= 11 is 12.0. The van der Waals surface area contributed by atoms with Gasteiger partial charge in [0, 0.05) is 12.5 Å². The van der Waals surface area contributed by atoms with Gasteiger partial charge in [0.1, 0.15) is 23.3 Å². The zero-order valence-corrected chi connectivity index (χ0v) is 12.8. The molecule has 5 nitrogen and oxygen atoms in total. The van der Waals surface area contributed by atoms with Gasteiger partial charge >= 0.3 is 0 Å². The van der Waals surface area contributed by atoms with Crippen LogP contribution >= 0.6 is 23.2 Å². The van der Waals surface area contributed by atoms with Gasteiger partial charge in [-0.15, -0.1) is 0 Å². The maximum atomic E-state index is 13.2. The van der Waals surface area contributed by atoms with Crippen LogP contribution in [0.5, 0.6) is 0 Å². The molecule has 0 atom stereocenters. The molecule has 8 heteroatoms. The van der Waals surface area contributed by atoms with Crippen LogP contribution in [0.2, 0.25) is 10.0 Å². The molecule has 0 unspecified atom stereocenters. The fourth-order valence-corrected chi connectivity index (χ4v) is 2.32. The van der Waals surface area contributed by atoms with Crippen molar-refractivity contribution in [1.82, 2.24) is 9.97 Å². The molecule has 0 bridgehead atoms. The standard InChI is InChI=1S/C13H14Cl2FN5/c1-2-3-10-18-11(6-12(19-10)21-17)20-13-8(14)4-7(16)5-9(13)15/h4-6H,2-3,17H2,1H3,(H2,18,19,20,21). The van der Waals surface area contributed by atoms with Crippen LogP contribution in [0.15, 0.2) is 18.2 Å². The second-order valence-electron chi connectivity index (χ2n) is 4.32. The van der Waals surface area contributed by atoms with Gasteiger partial charge in [-0.25, -0.2) is 20.2 Å². The van der Waals surface area contributed by atoms with Gasteiger partial charge in [-0.2, -0.15) is 0 Å². The molecule has 1 heterocycles. The third-order valence-corrected chi connectivity index (χ3v) is 3.25. The van der Waals surface area contributed by atoms with Gasteiger partial charge < -0.3 is 10.7 Å². The Bertz CT molecular complexity index is 627. The molecule has 0 aliphatic heterocycles. The van der Waals surface area contributed by atoms with Crippen molar-refractivity contribution < 1.29 is 4.39 Å². The molecule has 112 valence electrons. The molecule has 1 aromatic heterocycles. The number of anilines is 3. The highest BCUT2D eigenvalue weighted by Crippen LogP contribution is 2.33. The van der Waals surface area contributed by atoms with Gasteiger partial charge in [0.05, 0.1) is 15.7 Å². The molecule has 2 aromatic rings. The summed E-state index contributed by atoms with van der Waals surface area (Å²) in [6, 6.07) is 3.95. The molecule has 0 saturated heterocycles. The van der Waals surface area contributed by atoms with Crippen LogP contribution in [0.3, 0.4) is 0 Å². The number of aromatic nitrogens is 2. The number of nitrogens with one attached hydrogen (secondary N) is 2. The monoisotopic (exact) mass is 329 g/mol. The fourth-order valence-electron chi connectivity index (χ4n) is 1.76. The van der Waals surface area contributed by atoms with Crippen molar-refractivity contribution in [3.63, 3.8) is 0 Å². The summed E-state index contributed by atoms with van der Waals surface area (Å²) in [5.74, 6) is 6.44. The van der Waals surface area contributed by atoms with E-state index in [0.29, 0.717) is 29.6 Å². The van der Waals surface area contributed by atoms with E-state index >= 15 is 0 Å². The minimum atomic E-state index is -0.505. The second kappa shape index (κ2) is 6.89. The summed E-state index contributed by atoms with van der Waals surface area (Å²) in [6.45, 7) is 2.02. The quantitative estimate of drug-likeness (QED) is 0.572. The van der Waals surface area contributed by atoms with Crippen LogP contribution in [-0.2, 0) is 6.42 Å². The lowest BCUT2D eigenvalue weighted by atomic mass is 10.3. The van der Waals surface area contributed by atoms with Crippen molar-refractivity contribution in [1.29, 1.82) is 0 Å². The third-order valence-electron chi connectivity index (χ3n) is 2.65. The predicted molar refractivity (Wildman–Crippen MR) is 83.5 cm³/mol. The average Bonchev–Trinajstić information content (AvgIpc) is 2.43. The maximum absolute atomic E-state index is 13.2. The summed E-state index contributed by atoms with van der Waals surface area (Å²) in [4.78, 5) is 8.57. The Morgan fingerprint density at radius 3 is 2.33 bits per heavy atom. The highest BCUT2D eigenvalue weighted by atomic mass is 35.5. The van der Waals surface area contributed by atoms with Crippen LogP contribution in [-0.4, -0.2) is 9.97 Å². The first-order valence-corrected chi connectivity index (χ1v) is 7.05. The van der Waals surface area contributed by atoms with Crippen molar-refractivity contribution in [3.05, 3.63) is 39.9 Å². The molecular formula is C13H14Cl2FN5. The molecule has 2 rings (SSSR count). The number of nitrogens with zero attached hydrogens (tertiary/aromatic N) is 2. The lowest BCUT2D eigenvalue weighted by Crippen LogP contribution is -2.11. The SMILES string of the molecule is CCCc1nc(NN)cc(Nc2c(Cl)cc(F)cc2Cl)n1. The summed E-state index contributed by atoms with van der Waals surface area (Å²) in [7, 11) is 0. The molecule has 4 N–H and O–H groups in total. The number of hydrogen-bond donors (Lipinski definition) is 3. The first-order valence-electron chi connectivity index (χ1n) is 6.29. The molecular weight excluding hydrogens is 316 g/mol. The van der Waals surface area contributed by atoms with Crippen molar-refractivity contribution in [3.8, 4) is 0 Å². The lowest BCUT2D eigenvalue weighted by molar-refractivity contribution is 0.628. The predicted octanol–water partition coefficient (Wildman–Crippen LogP) is 3.90. The van der Waals surface area contributed by atoms with E-state index < -0.39 is 5.82 Å². The maximum Gasteiger partial charge on any atom is 0.145 e. The molecule has 0 amide bonds. The Morgan fingerprint density at radius 1 is 1.14 bits per heavy atom. The van der Waals surface area contributed by atoms with E-state index in [1.807, 2.05) is 6.92 Å². The zero-order chi connectivity index (χ0) is 15.4. The van der Waals surface area contributed by atoms with Gasteiger partial charge in [0.2, 0.25) is 0 Å². The van der Waals surface area contributed by atoms with E-state index in [2.05, 4.69) is 20.7 Å². The first kappa shape index (κ1) is 15.8. The third kappa shape index (κ3) is 3.93. The van der Waals surface area contributed by atoms with E-state index in [9.17, 15) is 4.39 Å². The van der Waals surface area contributed by atoms with Gasteiger partial charge in [-0.3, -0.25) is 0 Å². The zero-order valence-electron chi connectivity index (χ0n) is 11.3. The van der Waals surface area contributed by atoms with Crippen molar-refractivity contribution in [2.75, 3.05) is 10.7 Å². The van der Waals surface area contributed by atoms with Crippen LogP contribution in [0.4, 0.5) is 21.7 Å². The number of nitrogens with two attached hydrogens (primary N) is 1. The van der Waals surface area contributed by atoms with Gasteiger partial charge in [-0.1, -0.05) is 30.1 Å². The van der Waals surface area contributed by atoms with Crippen molar-refractivity contribution >= 4 is 40.5 Å². The van der Waals surface area contributed by atoms with E-state index in [-0.39, 0.29) is 10.0 Å². The number of hydrogen-bond acceptors (Lipinski definition) is 5. The first-order chi connectivity index (χ1) is 10.0. The van der Waals surface area contributed by atoms with Crippen LogP contribution < -0.4 is 16.6 Å². The molecule has 0 aliphatic carbocycles. The Labute approximate surface area is 131 Å². The van der Waals surface area contributed by atoms with E-state index in [0.717, 1.165) is 6.42 Å². The topological polar surface area (TPSA) is 75.9 Å². The van der Waals surface area contributed by atoms with E-state index in [4.69, 9.17) is 29.0 Å². The number of nitrogen functional groups attached to an aromatic ring is 1. The molecule has 0 spiro atoms. The van der Waals surface area contributed by atoms with Gasteiger partial charge in [0.25, 0.3) is 0 Å². The largest absolute Gasteiger partial charge is 0.338 e. The Balaban J connectivity index is 2.37. The molecule has 0 saturated carbocycles. The normalized spacial score (nSPS) is 10.5. The molecule has 0 radical (unpaired) electrons. The van der Waals surface area contributed by atoms with Crippen LogP contribution in [0, 0.1) is 5.82 Å². The highest BCUT2D eigenvalue weighted by Gasteiger charge is 2.11.